The van der Waals surface area contributed by atoms with Gasteiger partial charge >= 0.3 is 0 Å². The fourth-order valence-electron chi connectivity index (χ4n) is 2.41. The van der Waals surface area contributed by atoms with Crippen molar-refractivity contribution >= 4 is 40.8 Å². The maximum atomic E-state index is 12.0. The minimum Gasteiger partial charge on any atom is -0.352 e. The summed E-state index contributed by atoms with van der Waals surface area (Å²) in [5.41, 5.74) is 0. The van der Waals surface area contributed by atoms with Gasteiger partial charge in [-0.25, -0.2) is 0 Å². The molecular weight excluding hydrogens is 322 g/mol. The van der Waals surface area contributed by atoms with Gasteiger partial charge in [0.05, 0.1) is 5.75 Å². The molecule has 1 saturated carbocycles. The first-order valence-corrected chi connectivity index (χ1v) is 10.4. The molecule has 1 N–H and O–H groups in total. The number of aromatic nitrogens is 2. The molecule has 1 fully saturated rings. The van der Waals surface area contributed by atoms with Crippen molar-refractivity contribution in [1.82, 2.24) is 15.5 Å². The summed E-state index contributed by atoms with van der Waals surface area (Å²) in [5.74, 6) is 2.23. The summed E-state index contributed by atoms with van der Waals surface area (Å²) in [7, 11) is 0. The Morgan fingerprint density at radius 2 is 2.00 bits per heavy atom. The Labute approximate surface area is 139 Å². The average molecular weight is 346 g/mol. The van der Waals surface area contributed by atoms with Gasteiger partial charge in [-0.2, -0.15) is 0 Å². The number of rotatable bonds is 7. The van der Waals surface area contributed by atoms with Crippen LogP contribution in [-0.2, 0) is 4.79 Å². The smallest absolute Gasteiger partial charge is 0.230 e. The second kappa shape index (κ2) is 9.00. The van der Waals surface area contributed by atoms with Gasteiger partial charge < -0.3 is 5.32 Å². The molecule has 1 heterocycles. The van der Waals surface area contributed by atoms with Crippen molar-refractivity contribution in [2.75, 3.05) is 11.5 Å². The number of thioether (sulfide) groups is 2. The van der Waals surface area contributed by atoms with Crippen LogP contribution in [0, 0.1) is 5.92 Å². The molecule has 1 aromatic rings. The number of nitrogens with one attached hydrogen (secondary N) is 1. The third kappa shape index (κ3) is 5.79. The molecule has 0 aliphatic heterocycles. The Morgan fingerprint density at radius 3 is 2.71 bits per heavy atom. The summed E-state index contributed by atoms with van der Waals surface area (Å²) in [6.07, 6.45) is 6.01. The highest BCUT2D eigenvalue weighted by molar-refractivity contribution is 8.03. The van der Waals surface area contributed by atoms with Crippen LogP contribution < -0.4 is 5.32 Å². The normalized spacial score (nSPS) is 22.2. The van der Waals surface area contributed by atoms with Crippen molar-refractivity contribution in [3.05, 3.63) is 0 Å². The number of hydrogen-bond acceptors (Lipinski definition) is 6. The van der Waals surface area contributed by atoms with Gasteiger partial charge in [0.15, 0.2) is 8.68 Å². The maximum absolute atomic E-state index is 12.0. The lowest BCUT2D eigenvalue weighted by Crippen LogP contribution is -2.41. The van der Waals surface area contributed by atoms with Crippen LogP contribution in [0.2, 0.25) is 0 Å². The summed E-state index contributed by atoms with van der Waals surface area (Å²) >= 11 is 4.81. The zero-order valence-corrected chi connectivity index (χ0v) is 15.1. The lowest BCUT2D eigenvalue weighted by atomic mass is 9.86. The Balaban J connectivity index is 1.71. The maximum Gasteiger partial charge on any atom is 0.230 e. The van der Waals surface area contributed by atoms with E-state index >= 15 is 0 Å². The largest absolute Gasteiger partial charge is 0.352 e. The van der Waals surface area contributed by atoms with Gasteiger partial charge in [-0.1, -0.05) is 61.5 Å². The molecule has 2 atom stereocenters. The first kappa shape index (κ1) is 17.1. The molecule has 0 unspecified atom stereocenters. The predicted molar refractivity (Wildman–Crippen MR) is 91.2 cm³/mol. The monoisotopic (exact) mass is 345 g/mol. The van der Waals surface area contributed by atoms with E-state index in [1.54, 1.807) is 23.1 Å². The molecule has 7 heteroatoms. The standard InChI is InChI=1S/C14H23N3OS3/c1-3-8-19-13-16-17-14(21-13)20-9-12(18)15-11-7-5-4-6-10(11)2/h10-11H,3-9H2,1-2H3,(H,15,18)/t10-,11-/m0/s1. The molecule has 4 nitrogen and oxygen atoms in total. The van der Waals surface area contributed by atoms with E-state index < -0.39 is 0 Å². The topological polar surface area (TPSA) is 54.9 Å². The quantitative estimate of drug-likeness (QED) is 0.761. The second-order valence-electron chi connectivity index (χ2n) is 5.41. The molecule has 1 aliphatic rings. The number of hydrogen-bond donors (Lipinski definition) is 1. The van der Waals surface area contributed by atoms with Crippen LogP contribution in [0.5, 0.6) is 0 Å². The van der Waals surface area contributed by atoms with E-state index in [9.17, 15) is 4.79 Å². The number of nitrogens with zero attached hydrogens (tertiary/aromatic N) is 2. The van der Waals surface area contributed by atoms with Crippen molar-refractivity contribution in [2.45, 2.75) is 60.7 Å². The van der Waals surface area contributed by atoms with Crippen molar-refractivity contribution in [1.29, 1.82) is 0 Å². The van der Waals surface area contributed by atoms with E-state index in [0.717, 1.165) is 27.3 Å². The Morgan fingerprint density at radius 1 is 1.29 bits per heavy atom. The fraction of sp³-hybridized carbons (Fsp3) is 0.786. The van der Waals surface area contributed by atoms with Crippen LogP contribution in [0.15, 0.2) is 8.68 Å². The van der Waals surface area contributed by atoms with Crippen molar-refractivity contribution in [2.24, 2.45) is 5.92 Å². The van der Waals surface area contributed by atoms with E-state index in [-0.39, 0.29) is 5.91 Å². The van der Waals surface area contributed by atoms with Gasteiger partial charge in [0.1, 0.15) is 0 Å². The van der Waals surface area contributed by atoms with Crippen LogP contribution in [0.25, 0.3) is 0 Å². The molecule has 0 saturated heterocycles. The molecule has 0 bridgehead atoms. The molecule has 1 aliphatic carbocycles. The fourth-order valence-corrected chi connectivity index (χ4v) is 5.17. The molecular formula is C14H23N3OS3. The molecule has 21 heavy (non-hydrogen) atoms. The first-order valence-electron chi connectivity index (χ1n) is 7.57. The van der Waals surface area contributed by atoms with Crippen molar-refractivity contribution in [3.8, 4) is 0 Å². The van der Waals surface area contributed by atoms with E-state index in [1.807, 2.05) is 0 Å². The molecule has 1 aromatic heterocycles. The van der Waals surface area contributed by atoms with Gasteiger partial charge in [-0.3, -0.25) is 4.79 Å². The minimum atomic E-state index is 0.122. The van der Waals surface area contributed by atoms with Gasteiger partial charge in [-0.15, -0.1) is 10.2 Å². The average Bonchev–Trinajstić information content (AvgIpc) is 2.93. The van der Waals surface area contributed by atoms with Gasteiger partial charge in [0.2, 0.25) is 5.91 Å². The summed E-state index contributed by atoms with van der Waals surface area (Å²) < 4.78 is 1.89. The highest BCUT2D eigenvalue weighted by atomic mass is 32.2. The lowest BCUT2D eigenvalue weighted by Gasteiger charge is -2.29. The van der Waals surface area contributed by atoms with Crippen LogP contribution in [0.3, 0.4) is 0 Å². The van der Waals surface area contributed by atoms with Crippen molar-refractivity contribution in [3.63, 3.8) is 0 Å². The number of carbonyl (C=O) groups is 1. The Bertz CT molecular complexity index is 452. The summed E-state index contributed by atoms with van der Waals surface area (Å²) in [6.45, 7) is 4.39. The number of amides is 1. The van der Waals surface area contributed by atoms with E-state index in [0.29, 0.717) is 17.7 Å². The summed E-state index contributed by atoms with van der Waals surface area (Å²) in [5, 5.41) is 11.4. The molecule has 1 amide bonds. The van der Waals surface area contributed by atoms with Gasteiger partial charge in [0.25, 0.3) is 0 Å². The zero-order valence-electron chi connectivity index (χ0n) is 12.6. The van der Waals surface area contributed by atoms with Gasteiger partial charge in [0, 0.05) is 11.8 Å². The van der Waals surface area contributed by atoms with Crippen LogP contribution in [0.1, 0.15) is 46.0 Å². The zero-order chi connectivity index (χ0) is 15.1. The Hall–Kier alpha value is -0.270. The number of carbonyl (C=O) groups excluding carboxylic acids is 1. The van der Waals surface area contributed by atoms with E-state index in [1.165, 1.54) is 31.0 Å². The third-order valence-electron chi connectivity index (χ3n) is 3.60. The molecule has 0 spiro atoms. The van der Waals surface area contributed by atoms with Crippen LogP contribution >= 0.6 is 34.9 Å². The van der Waals surface area contributed by atoms with Crippen LogP contribution in [0.4, 0.5) is 0 Å². The summed E-state index contributed by atoms with van der Waals surface area (Å²) in [4.78, 5) is 12.0. The van der Waals surface area contributed by atoms with Gasteiger partial charge in [-0.05, 0) is 25.2 Å². The predicted octanol–water partition coefficient (Wildman–Crippen LogP) is 3.83. The van der Waals surface area contributed by atoms with E-state index in [2.05, 4.69) is 29.4 Å². The molecule has 0 aromatic carbocycles. The SMILES string of the molecule is CCCSc1nnc(SCC(=O)N[C@H]2CCCC[C@@H]2C)s1. The highest BCUT2D eigenvalue weighted by Crippen LogP contribution is 2.29. The molecule has 2 rings (SSSR count). The van der Waals surface area contributed by atoms with Crippen LogP contribution in [-0.4, -0.2) is 33.7 Å². The third-order valence-corrected chi connectivity index (χ3v) is 7.00. The lowest BCUT2D eigenvalue weighted by molar-refractivity contribution is -0.119. The second-order valence-corrected chi connectivity index (χ2v) is 8.95. The van der Waals surface area contributed by atoms with E-state index in [4.69, 9.17) is 0 Å². The molecule has 118 valence electrons. The van der Waals surface area contributed by atoms with Crippen molar-refractivity contribution < 1.29 is 4.79 Å². The summed E-state index contributed by atoms with van der Waals surface area (Å²) in [6, 6.07) is 0.358. The minimum absolute atomic E-state index is 0.122. The Kier molecular flexibility index (Phi) is 7.33. The molecule has 0 radical (unpaired) electrons. The first-order chi connectivity index (χ1) is 10.2. The highest BCUT2D eigenvalue weighted by Gasteiger charge is 2.22.